The van der Waals surface area contributed by atoms with Crippen molar-refractivity contribution in [1.29, 1.82) is 0 Å². The van der Waals surface area contributed by atoms with E-state index in [9.17, 15) is 9.18 Å². The normalized spacial score (nSPS) is 14.1. The van der Waals surface area contributed by atoms with Gasteiger partial charge in [-0.3, -0.25) is 4.79 Å². The second kappa shape index (κ2) is 8.38. The summed E-state index contributed by atoms with van der Waals surface area (Å²) < 4.78 is 21.1. The number of benzene rings is 3. The van der Waals surface area contributed by atoms with Gasteiger partial charge >= 0.3 is 0 Å². The van der Waals surface area contributed by atoms with E-state index in [0.29, 0.717) is 18.8 Å². The first-order valence-electron chi connectivity index (χ1n) is 10.7. The van der Waals surface area contributed by atoms with Crippen LogP contribution in [0.5, 0.6) is 11.5 Å². The van der Waals surface area contributed by atoms with Gasteiger partial charge in [-0.15, -0.1) is 0 Å². The summed E-state index contributed by atoms with van der Waals surface area (Å²) in [4.78, 5) is 17.3. The molecule has 162 valence electrons. The fraction of sp³-hybridized carbons (Fsp3) is 0.192. The molecular formula is C26H24FN3O2. The first kappa shape index (κ1) is 20.1. The predicted molar refractivity (Wildman–Crippen MR) is 124 cm³/mol. The van der Waals surface area contributed by atoms with E-state index in [1.807, 2.05) is 71.1 Å². The standard InChI is InChI=1S/C26H24FN3O2/c1-28-24-12-11-23(32-22-5-3-2-4-6-22)17-19(24)18-25(28)26(31)30-15-13-29(14-16-30)21-9-7-20(27)8-10-21/h2-12,17-18H,13-16H2,1H3. The highest BCUT2D eigenvalue weighted by Crippen LogP contribution is 2.28. The molecule has 1 aliphatic rings. The van der Waals surface area contributed by atoms with Gasteiger partial charge in [0.05, 0.1) is 0 Å². The molecule has 0 N–H and O–H groups in total. The number of ether oxygens (including phenoxy) is 1. The summed E-state index contributed by atoms with van der Waals surface area (Å²) in [6, 6.07) is 23.9. The summed E-state index contributed by atoms with van der Waals surface area (Å²) >= 11 is 0. The maximum atomic E-state index is 13.3. The average molecular weight is 429 g/mol. The summed E-state index contributed by atoms with van der Waals surface area (Å²) in [6.07, 6.45) is 0. The number of para-hydroxylation sites is 1. The lowest BCUT2D eigenvalue weighted by atomic mass is 10.2. The highest BCUT2D eigenvalue weighted by atomic mass is 19.1. The highest BCUT2D eigenvalue weighted by Gasteiger charge is 2.25. The van der Waals surface area contributed by atoms with E-state index in [1.54, 1.807) is 12.1 Å². The van der Waals surface area contributed by atoms with E-state index in [0.717, 1.165) is 41.2 Å². The van der Waals surface area contributed by atoms with Crippen LogP contribution in [0.2, 0.25) is 0 Å². The average Bonchev–Trinajstić information content (AvgIpc) is 3.15. The van der Waals surface area contributed by atoms with Crippen LogP contribution in [0.4, 0.5) is 10.1 Å². The smallest absolute Gasteiger partial charge is 0.270 e. The number of aromatic nitrogens is 1. The van der Waals surface area contributed by atoms with Gasteiger partial charge in [0.2, 0.25) is 0 Å². The number of hydrogen-bond acceptors (Lipinski definition) is 3. The summed E-state index contributed by atoms with van der Waals surface area (Å²) in [5, 5.41) is 0.967. The lowest BCUT2D eigenvalue weighted by Crippen LogP contribution is -2.49. The van der Waals surface area contributed by atoms with Crippen molar-refractivity contribution in [3.8, 4) is 11.5 Å². The van der Waals surface area contributed by atoms with Gasteiger partial charge in [0.1, 0.15) is 23.0 Å². The van der Waals surface area contributed by atoms with E-state index in [2.05, 4.69) is 4.90 Å². The van der Waals surface area contributed by atoms with Crippen LogP contribution in [0.15, 0.2) is 78.9 Å². The van der Waals surface area contributed by atoms with Crippen LogP contribution >= 0.6 is 0 Å². The Labute approximate surface area is 186 Å². The Kier molecular flexibility index (Phi) is 5.27. The second-order valence-electron chi connectivity index (χ2n) is 7.98. The Morgan fingerprint density at radius 1 is 0.844 bits per heavy atom. The monoisotopic (exact) mass is 429 g/mol. The molecule has 0 aliphatic carbocycles. The number of halogens is 1. The van der Waals surface area contributed by atoms with Crippen molar-refractivity contribution in [2.45, 2.75) is 0 Å². The summed E-state index contributed by atoms with van der Waals surface area (Å²) in [7, 11) is 1.92. The quantitative estimate of drug-likeness (QED) is 0.455. The van der Waals surface area contributed by atoms with Gasteiger partial charge in [0.15, 0.2) is 0 Å². The van der Waals surface area contributed by atoms with Crippen LogP contribution in [0, 0.1) is 5.82 Å². The maximum Gasteiger partial charge on any atom is 0.270 e. The molecule has 32 heavy (non-hydrogen) atoms. The zero-order valence-electron chi connectivity index (χ0n) is 17.9. The van der Waals surface area contributed by atoms with Crippen molar-refractivity contribution >= 4 is 22.5 Å². The van der Waals surface area contributed by atoms with Gasteiger partial charge in [0.25, 0.3) is 5.91 Å². The molecule has 1 amide bonds. The molecule has 4 aromatic rings. The van der Waals surface area contributed by atoms with Crippen LogP contribution in [0.3, 0.4) is 0 Å². The van der Waals surface area contributed by atoms with Crippen LogP contribution in [-0.4, -0.2) is 41.6 Å². The van der Waals surface area contributed by atoms with Gasteiger partial charge in [-0.1, -0.05) is 18.2 Å². The molecule has 0 unspecified atom stereocenters. The molecule has 1 fully saturated rings. The molecule has 1 saturated heterocycles. The molecule has 5 rings (SSSR count). The third-order valence-corrected chi connectivity index (χ3v) is 5.97. The van der Waals surface area contributed by atoms with Crippen LogP contribution in [-0.2, 0) is 7.05 Å². The summed E-state index contributed by atoms with van der Waals surface area (Å²) in [5.41, 5.74) is 2.62. The molecule has 0 atom stereocenters. The van der Waals surface area contributed by atoms with Crippen molar-refractivity contribution < 1.29 is 13.9 Å². The molecule has 0 saturated carbocycles. The van der Waals surface area contributed by atoms with Crippen LogP contribution in [0.25, 0.3) is 10.9 Å². The fourth-order valence-electron chi connectivity index (χ4n) is 4.20. The molecule has 0 bridgehead atoms. The van der Waals surface area contributed by atoms with Gasteiger partial charge in [-0.25, -0.2) is 4.39 Å². The van der Waals surface area contributed by atoms with Gasteiger partial charge in [0, 0.05) is 49.8 Å². The van der Waals surface area contributed by atoms with E-state index in [1.165, 1.54) is 12.1 Å². The van der Waals surface area contributed by atoms with E-state index >= 15 is 0 Å². The first-order valence-corrected chi connectivity index (χ1v) is 10.7. The number of anilines is 1. The Bertz CT molecular complexity index is 1240. The first-order chi connectivity index (χ1) is 15.6. The second-order valence-corrected chi connectivity index (χ2v) is 7.98. The van der Waals surface area contributed by atoms with Gasteiger partial charge in [-0.05, 0) is 60.7 Å². The Hall–Kier alpha value is -3.80. The minimum absolute atomic E-state index is 0.0213. The number of amides is 1. The number of carbonyl (C=O) groups is 1. The van der Waals surface area contributed by atoms with Crippen molar-refractivity contribution in [2.24, 2.45) is 7.05 Å². The Morgan fingerprint density at radius 2 is 1.56 bits per heavy atom. The highest BCUT2D eigenvalue weighted by molar-refractivity contribution is 5.99. The zero-order chi connectivity index (χ0) is 22.1. The number of fused-ring (bicyclic) bond motifs is 1. The number of nitrogens with zero attached hydrogens (tertiary/aromatic N) is 3. The topological polar surface area (TPSA) is 37.7 Å². The predicted octanol–water partition coefficient (Wildman–Crippen LogP) is 5.07. The van der Waals surface area contributed by atoms with E-state index in [4.69, 9.17) is 4.74 Å². The van der Waals surface area contributed by atoms with Crippen molar-refractivity contribution in [3.63, 3.8) is 0 Å². The molecule has 5 nitrogen and oxygen atoms in total. The zero-order valence-corrected chi connectivity index (χ0v) is 17.9. The summed E-state index contributed by atoms with van der Waals surface area (Å²) in [5.74, 6) is 1.29. The maximum absolute atomic E-state index is 13.3. The molecule has 3 aromatic carbocycles. The third-order valence-electron chi connectivity index (χ3n) is 5.97. The summed E-state index contributed by atoms with van der Waals surface area (Å²) in [6.45, 7) is 2.69. The number of rotatable bonds is 4. The molecule has 1 aliphatic heterocycles. The number of hydrogen-bond donors (Lipinski definition) is 0. The van der Waals surface area contributed by atoms with Gasteiger partial charge in [-0.2, -0.15) is 0 Å². The third kappa shape index (κ3) is 3.91. The minimum atomic E-state index is -0.240. The fourth-order valence-corrected chi connectivity index (χ4v) is 4.20. The molecule has 2 heterocycles. The molecular weight excluding hydrogens is 405 g/mol. The van der Waals surface area contributed by atoms with Crippen molar-refractivity contribution in [3.05, 3.63) is 90.4 Å². The lowest BCUT2D eigenvalue weighted by molar-refractivity contribution is 0.0737. The molecule has 6 heteroatoms. The largest absolute Gasteiger partial charge is 0.457 e. The molecule has 1 aromatic heterocycles. The van der Waals surface area contributed by atoms with E-state index in [-0.39, 0.29) is 11.7 Å². The minimum Gasteiger partial charge on any atom is -0.457 e. The van der Waals surface area contributed by atoms with Crippen molar-refractivity contribution in [1.82, 2.24) is 9.47 Å². The van der Waals surface area contributed by atoms with E-state index < -0.39 is 0 Å². The Balaban J connectivity index is 1.31. The van der Waals surface area contributed by atoms with Crippen molar-refractivity contribution in [2.75, 3.05) is 31.1 Å². The van der Waals surface area contributed by atoms with Crippen LogP contribution in [0.1, 0.15) is 10.5 Å². The molecule has 0 spiro atoms. The number of aryl methyl sites for hydroxylation is 1. The SMILES string of the molecule is Cn1c(C(=O)N2CCN(c3ccc(F)cc3)CC2)cc2cc(Oc3ccccc3)ccc21. The Morgan fingerprint density at radius 3 is 2.28 bits per heavy atom. The number of carbonyl (C=O) groups excluding carboxylic acids is 1. The lowest BCUT2D eigenvalue weighted by Gasteiger charge is -2.36. The van der Waals surface area contributed by atoms with Gasteiger partial charge < -0.3 is 19.1 Å². The number of piperazine rings is 1. The molecule has 0 radical (unpaired) electrons. The van der Waals surface area contributed by atoms with Crippen LogP contribution < -0.4 is 9.64 Å².